The van der Waals surface area contributed by atoms with Gasteiger partial charge in [0.1, 0.15) is 5.78 Å². The van der Waals surface area contributed by atoms with Gasteiger partial charge in [0.15, 0.2) is 0 Å². The summed E-state index contributed by atoms with van der Waals surface area (Å²) in [5.74, 6) is 0.996. The molecule has 2 atom stereocenters. The number of rotatable bonds is 5. The molecule has 1 heterocycles. The lowest BCUT2D eigenvalue weighted by molar-refractivity contribution is -0.121. The Balaban J connectivity index is 1.96. The highest BCUT2D eigenvalue weighted by molar-refractivity contribution is 8.00. The van der Waals surface area contributed by atoms with Crippen molar-refractivity contribution >= 4 is 29.1 Å². The van der Waals surface area contributed by atoms with E-state index in [1.807, 2.05) is 11.8 Å². The van der Waals surface area contributed by atoms with Crippen molar-refractivity contribution in [3.63, 3.8) is 0 Å². The van der Waals surface area contributed by atoms with Crippen LogP contribution in [0.4, 0.5) is 0 Å². The Labute approximate surface area is 112 Å². The van der Waals surface area contributed by atoms with E-state index in [9.17, 15) is 4.79 Å². The van der Waals surface area contributed by atoms with E-state index in [0.29, 0.717) is 11.1 Å². The van der Waals surface area contributed by atoms with Crippen molar-refractivity contribution in [2.24, 2.45) is 5.92 Å². The highest BCUT2D eigenvalue weighted by atomic mass is 35.5. The van der Waals surface area contributed by atoms with Gasteiger partial charge in [0, 0.05) is 21.9 Å². The van der Waals surface area contributed by atoms with E-state index in [2.05, 4.69) is 24.3 Å². The van der Waals surface area contributed by atoms with E-state index in [4.69, 9.17) is 11.6 Å². The fourth-order valence-electron chi connectivity index (χ4n) is 2.32. The number of carbonyl (C=O) groups excluding carboxylic acids is 1. The predicted octanol–water partition coefficient (Wildman–Crippen LogP) is 3.93. The molecular weight excluding hydrogens is 252 g/mol. The monoisotopic (exact) mass is 268 g/mol. The molecule has 1 aromatic carbocycles. The lowest BCUT2D eigenvalue weighted by Gasteiger charge is -2.16. The highest BCUT2D eigenvalue weighted by Crippen LogP contribution is 2.40. The molecule has 1 nitrogen and oxygen atoms in total. The fraction of sp³-hybridized carbons (Fsp3) is 0.500. The molecule has 0 bridgehead atoms. The molecule has 2 unspecified atom stereocenters. The first-order valence-electron chi connectivity index (χ1n) is 6.01. The average Bonchev–Trinajstić information content (AvgIpc) is 2.70. The van der Waals surface area contributed by atoms with Gasteiger partial charge in [-0.2, -0.15) is 0 Å². The van der Waals surface area contributed by atoms with Gasteiger partial charge in [0.05, 0.1) is 0 Å². The van der Waals surface area contributed by atoms with Crippen molar-refractivity contribution in [1.82, 2.24) is 0 Å². The van der Waals surface area contributed by atoms with Crippen LogP contribution in [0.3, 0.4) is 0 Å². The standard InChI is InChI=1S/C14H17ClOS/c1-10(16)11(6-7-15)8-13-9-12-4-2-3-5-14(12)17-13/h2-5,11,13H,6-9H2,1H3. The van der Waals surface area contributed by atoms with E-state index in [0.717, 1.165) is 19.3 Å². The van der Waals surface area contributed by atoms with Crippen LogP contribution in [0.1, 0.15) is 25.3 Å². The summed E-state index contributed by atoms with van der Waals surface area (Å²) >= 11 is 7.67. The normalized spacial score (nSPS) is 20.0. The molecule has 0 N–H and O–H groups in total. The summed E-state index contributed by atoms with van der Waals surface area (Å²) in [5.41, 5.74) is 1.43. The summed E-state index contributed by atoms with van der Waals surface area (Å²) in [6, 6.07) is 8.52. The van der Waals surface area contributed by atoms with Crippen molar-refractivity contribution in [2.45, 2.75) is 36.3 Å². The molecule has 1 aliphatic rings. The number of ketones is 1. The van der Waals surface area contributed by atoms with Gasteiger partial charge >= 0.3 is 0 Å². The number of thioether (sulfide) groups is 1. The summed E-state index contributed by atoms with van der Waals surface area (Å²) in [6.07, 6.45) is 2.86. The molecule has 0 aliphatic carbocycles. The third-order valence-electron chi connectivity index (χ3n) is 3.29. The number of halogens is 1. The second kappa shape index (κ2) is 5.92. The van der Waals surface area contributed by atoms with E-state index in [1.165, 1.54) is 10.5 Å². The number of hydrogen-bond acceptors (Lipinski definition) is 2. The Bertz CT molecular complexity index is 380. The van der Waals surface area contributed by atoms with Crippen LogP contribution in [0.15, 0.2) is 29.2 Å². The number of hydrogen-bond donors (Lipinski definition) is 0. The first kappa shape index (κ1) is 13.0. The zero-order chi connectivity index (χ0) is 12.3. The molecule has 0 aromatic heterocycles. The Morgan fingerprint density at radius 2 is 2.29 bits per heavy atom. The van der Waals surface area contributed by atoms with Gasteiger partial charge in [-0.15, -0.1) is 23.4 Å². The van der Waals surface area contributed by atoms with Crippen LogP contribution < -0.4 is 0 Å². The van der Waals surface area contributed by atoms with Crippen LogP contribution in [0, 0.1) is 5.92 Å². The largest absolute Gasteiger partial charge is 0.300 e. The minimum atomic E-state index is 0.138. The van der Waals surface area contributed by atoms with E-state index in [-0.39, 0.29) is 11.7 Å². The van der Waals surface area contributed by atoms with E-state index < -0.39 is 0 Å². The van der Waals surface area contributed by atoms with Crippen LogP contribution >= 0.6 is 23.4 Å². The van der Waals surface area contributed by atoms with Crippen LogP contribution in [0.2, 0.25) is 0 Å². The topological polar surface area (TPSA) is 17.1 Å². The molecule has 0 radical (unpaired) electrons. The quantitative estimate of drug-likeness (QED) is 0.753. The molecule has 1 aliphatic heterocycles. The van der Waals surface area contributed by atoms with Crippen molar-refractivity contribution < 1.29 is 4.79 Å². The zero-order valence-electron chi connectivity index (χ0n) is 9.99. The summed E-state index contributed by atoms with van der Waals surface area (Å²) < 4.78 is 0. The first-order chi connectivity index (χ1) is 8.20. The molecule has 0 spiro atoms. The molecule has 3 heteroatoms. The van der Waals surface area contributed by atoms with Gasteiger partial charge in [-0.3, -0.25) is 4.79 Å². The maximum atomic E-state index is 11.5. The third-order valence-corrected chi connectivity index (χ3v) is 4.86. The van der Waals surface area contributed by atoms with Crippen molar-refractivity contribution in [2.75, 3.05) is 5.88 Å². The minimum absolute atomic E-state index is 0.138. The zero-order valence-corrected chi connectivity index (χ0v) is 11.6. The van der Waals surface area contributed by atoms with Gasteiger partial charge in [-0.1, -0.05) is 18.2 Å². The van der Waals surface area contributed by atoms with Gasteiger partial charge < -0.3 is 0 Å². The van der Waals surface area contributed by atoms with Gasteiger partial charge in [-0.25, -0.2) is 0 Å². The summed E-state index contributed by atoms with van der Waals surface area (Å²) in [4.78, 5) is 12.9. The summed E-state index contributed by atoms with van der Waals surface area (Å²) in [5, 5.41) is 0.546. The van der Waals surface area contributed by atoms with Gasteiger partial charge in [0.25, 0.3) is 0 Å². The van der Waals surface area contributed by atoms with Crippen molar-refractivity contribution in [3.05, 3.63) is 29.8 Å². The second-order valence-corrected chi connectivity index (χ2v) is 6.29. The number of benzene rings is 1. The number of carbonyl (C=O) groups is 1. The molecule has 0 saturated heterocycles. The fourth-order valence-corrected chi connectivity index (χ4v) is 4.00. The maximum Gasteiger partial charge on any atom is 0.132 e. The van der Waals surface area contributed by atoms with E-state index >= 15 is 0 Å². The Hall–Kier alpha value is -0.470. The Kier molecular flexibility index (Phi) is 4.52. The van der Waals surface area contributed by atoms with E-state index in [1.54, 1.807) is 6.92 Å². The van der Waals surface area contributed by atoms with Crippen molar-refractivity contribution in [3.8, 4) is 0 Å². The minimum Gasteiger partial charge on any atom is -0.300 e. The lowest BCUT2D eigenvalue weighted by atomic mass is 9.94. The van der Waals surface area contributed by atoms with Gasteiger partial charge in [-0.05, 0) is 37.8 Å². The molecule has 1 aromatic rings. The molecule has 0 amide bonds. The van der Waals surface area contributed by atoms with Crippen molar-refractivity contribution in [1.29, 1.82) is 0 Å². The summed E-state index contributed by atoms with van der Waals surface area (Å²) in [6.45, 7) is 1.68. The number of fused-ring (bicyclic) bond motifs is 1. The Morgan fingerprint density at radius 1 is 1.53 bits per heavy atom. The third kappa shape index (κ3) is 3.26. The molecule has 0 saturated carbocycles. The van der Waals surface area contributed by atoms with Crippen LogP contribution in [0.5, 0.6) is 0 Å². The predicted molar refractivity (Wildman–Crippen MR) is 73.9 cm³/mol. The first-order valence-corrected chi connectivity index (χ1v) is 7.43. The van der Waals surface area contributed by atoms with Gasteiger partial charge in [0.2, 0.25) is 0 Å². The molecular formula is C14H17ClOS. The van der Waals surface area contributed by atoms with Crippen LogP contribution in [-0.4, -0.2) is 16.9 Å². The maximum absolute atomic E-state index is 11.5. The summed E-state index contributed by atoms with van der Waals surface area (Å²) in [7, 11) is 0. The van der Waals surface area contributed by atoms with Crippen LogP contribution in [-0.2, 0) is 11.2 Å². The average molecular weight is 269 g/mol. The molecule has 17 heavy (non-hydrogen) atoms. The SMILES string of the molecule is CC(=O)C(CCCl)CC1Cc2ccccc2S1. The smallest absolute Gasteiger partial charge is 0.132 e. The lowest BCUT2D eigenvalue weighted by Crippen LogP contribution is -2.17. The van der Waals surface area contributed by atoms with Crippen LogP contribution in [0.25, 0.3) is 0 Å². The molecule has 0 fully saturated rings. The number of Topliss-reactive ketones (excluding diaryl/α,β-unsaturated/α-hetero) is 1. The molecule has 92 valence electrons. The Morgan fingerprint density at radius 3 is 2.94 bits per heavy atom. The second-order valence-electron chi connectivity index (χ2n) is 4.57. The molecule has 2 rings (SSSR count). The highest BCUT2D eigenvalue weighted by Gasteiger charge is 2.26. The number of alkyl halides is 1.